The van der Waals surface area contributed by atoms with Crippen molar-refractivity contribution in [3.05, 3.63) is 36.9 Å². The third-order valence-electron chi connectivity index (χ3n) is 5.11. The molecule has 0 saturated carbocycles. The Labute approximate surface area is 154 Å². The Hall–Kier alpha value is -3.36. The topological polar surface area (TPSA) is 108 Å². The van der Waals surface area contributed by atoms with Gasteiger partial charge in [0.1, 0.15) is 17.9 Å². The molecule has 4 heterocycles. The molecule has 0 aliphatic carbocycles. The van der Waals surface area contributed by atoms with Crippen molar-refractivity contribution in [2.45, 2.75) is 25.2 Å². The highest BCUT2D eigenvalue weighted by atomic mass is 16.7. The Balaban J connectivity index is 1.37. The van der Waals surface area contributed by atoms with Crippen LogP contribution in [-0.4, -0.2) is 49.2 Å². The molecule has 1 spiro atoms. The number of hydrogen-bond acceptors (Lipinski definition) is 7. The van der Waals surface area contributed by atoms with E-state index >= 15 is 0 Å². The quantitative estimate of drug-likeness (QED) is 0.729. The fraction of sp³-hybridized carbons (Fsp3) is 0.333. The summed E-state index contributed by atoms with van der Waals surface area (Å²) >= 11 is 0. The van der Waals surface area contributed by atoms with Crippen LogP contribution in [0.3, 0.4) is 0 Å². The minimum absolute atomic E-state index is 0.0495. The highest BCUT2D eigenvalue weighted by Gasteiger charge is 2.49. The van der Waals surface area contributed by atoms with Gasteiger partial charge in [-0.15, -0.1) is 0 Å². The summed E-state index contributed by atoms with van der Waals surface area (Å²) in [5, 5.41) is 0. The highest BCUT2D eigenvalue weighted by Crippen LogP contribution is 2.43. The molecule has 1 amide bonds. The molecule has 0 bridgehead atoms. The molecule has 2 N–H and O–H groups in total. The molecular formula is C18H18N6O3. The number of hydrogen-bond donors (Lipinski definition) is 1. The first-order valence-electron chi connectivity index (χ1n) is 8.75. The van der Waals surface area contributed by atoms with E-state index in [1.807, 2.05) is 31.2 Å². The van der Waals surface area contributed by atoms with Crippen molar-refractivity contribution in [1.82, 2.24) is 24.4 Å². The largest absolute Gasteiger partial charge is 0.447 e. The van der Waals surface area contributed by atoms with E-state index in [0.717, 1.165) is 0 Å². The number of aromatic nitrogens is 4. The summed E-state index contributed by atoms with van der Waals surface area (Å²) in [6, 6.07) is 7.07. The van der Waals surface area contributed by atoms with E-state index in [2.05, 4.69) is 15.0 Å². The van der Waals surface area contributed by atoms with Gasteiger partial charge in [-0.25, -0.2) is 15.0 Å². The number of benzene rings is 1. The van der Waals surface area contributed by atoms with Crippen molar-refractivity contribution in [3.63, 3.8) is 0 Å². The lowest BCUT2D eigenvalue weighted by Gasteiger charge is -2.25. The lowest BCUT2D eigenvalue weighted by atomic mass is 10.2. The Kier molecular flexibility index (Phi) is 3.27. The maximum Gasteiger partial charge on any atom is 0.270 e. The number of amides is 1. The SMILES string of the molecule is CC(C(=O)N1CCC2(C1)Oc1ccccc1O2)n1cnc2c(N)ncnc21. The van der Waals surface area contributed by atoms with Crippen LogP contribution in [0, 0.1) is 0 Å². The van der Waals surface area contributed by atoms with Crippen molar-refractivity contribution in [3.8, 4) is 11.5 Å². The number of para-hydroxylation sites is 2. The molecule has 1 atom stereocenters. The molecule has 2 aliphatic heterocycles. The summed E-state index contributed by atoms with van der Waals surface area (Å²) < 4.78 is 13.8. The summed E-state index contributed by atoms with van der Waals surface area (Å²) in [5.74, 6) is 0.874. The van der Waals surface area contributed by atoms with Gasteiger partial charge in [0.05, 0.1) is 12.9 Å². The number of fused-ring (bicyclic) bond motifs is 2. The van der Waals surface area contributed by atoms with Gasteiger partial charge in [-0.3, -0.25) is 4.79 Å². The average Bonchev–Trinajstić information content (AvgIpc) is 3.37. The molecule has 2 aromatic heterocycles. The number of rotatable bonds is 2. The lowest BCUT2D eigenvalue weighted by molar-refractivity contribution is -0.136. The minimum Gasteiger partial charge on any atom is -0.447 e. The molecule has 27 heavy (non-hydrogen) atoms. The Morgan fingerprint density at radius 1 is 1.22 bits per heavy atom. The molecule has 3 aromatic rings. The Bertz CT molecular complexity index is 1020. The fourth-order valence-corrected chi connectivity index (χ4v) is 3.69. The van der Waals surface area contributed by atoms with E-state index in [1.165, 1.54) is 6.33 Å². The van der Waals surface area contributed by atoms with E-state index in [0.29, 0.717) is 48.0 Å². The number of imidazole rings is 1. The number of likely N-dealkylation sites (tertiary alicyclic amines) is 1. The zero-order chi connectivity index (χ0) is 18.6. The van der Waals surface area contributed by atoms with Crippen LogP contribution in [0.2, 0.25) is 0 Å². The van der Waals surface area contributed by atoms with Gasteiger partial charge in [0.2, 0.25) is 5.91 Å². The van der Waals surface area contributed by atoms with Crippen molar-refractivity contribution >= 4 is 22.9 Å². The molecule has 138 valence electrons. The summed E-state index contributed by atoms with van der Waals surface area (Å²) in [5.41, 5.74) is 6.87. The first kappa shape index (κ1) is 15.9. The van der Waals surface area contributed by atoms with Gasteiger partial charge in [-0.1, -0.05) is 12.1 Å². The highest BCUT2D eigenvalue weighted by molar-refractivity contribution is 5.85. The molecule has 1 saturated heterocycles. The minimum atomic E-state index is -0.803. The monoisotopic (exact) mass is 366 g/mol. The summed E-state index contributed by atoms with van der Waals surface area (Å²) in [6.07, 6.45) is 3.55. The summed E-state index contributed by atoms with van der Waals surface area (Å²) in [7, 11) is 0. The first-order valence-corrected chi connectivity index (χ1v) is 8.75. The normalized spacial score (nSPS) is 18.3. The number of carbonyl (C=O) groups is 1. The second-order valence-corrected chi connectivity index (χ2v) is 6.83. The number of nitrogens with two attached hydrogens (primary N) is 1. The summed E-state index contributed by atoms with van der Waals surface area (Å²) in [6.45, 7) is 2.74. The Morgan fingerprint density at radius 2 is 1.96 bits per heavy atom. The molecule has 5 rings (SSSR count). The van der Waals surface area contributed by atoms with Gasteiger partial charge in [0.25, 0.3) is 5.79 Å². The van der Waals surface area contributed by atoms with Gasteiger partial charge < -0.3 is 24.7 Å². The second kappa shape index (κ2) is 5.57. The fourth-order valence-electron chi connectivity index (χ4n) is 3.69. The van der Waals surface area contributed by atoms with E-state index in [4.69, 9.17) is 15.2 Å². The molecule has 1 fully saturated rings. The molecule has 1 unspecified atom stereocenters. The van der Waals surface area contributed by atoms with Crippen molar-refractivity contribution in [2.75, 3.05) is 18.8 Å². The number of nitrogens with zero attached hydrogens (tertiary/aromatic N) is 5. The van der Waals surface area contributed by atoms with Gasteiger partial charge in [-0.2, -0.15) is 0 Å². The number of ether oxygens (including phenoxy) is 2. The molecule has 0 radical (unpaired) electrons. The summed E-state index contributed by atoms with van der Waals surface area (Å²) in [4.78, 5) is 27.2. The van der Waals surface area contributed by atoms with Crippen LogP contribution < -0.4 is 15.2 Å². The van der Waals surface area contributed by atoms with E-state index in [-0.39, 0.29) is 5.91 Å². The van der Waals surface area contributed by atoms with Crippen LogP contribution in [0.25, 0.3) is 11.2 Å². The predicted molar refractivity (Wildman–Crippen MR) is 96.1 cm³/mol. The van der Waals surface area contributed by atoms with E-state index in [9.17, 15) is 4.79 Å². The van der Waals surface area contributed by atoms with Gasteiger partial charge in [0, 0.05) is 13.0 Å². The zero-order valence-corrected chi connectivity index (χ0v) is 14.7. The van der Waals surface area contributed by atoms with Crippen molar-refractivity contribution < 1.29 is 14.3 Å². The van der Waals surface area contributed by atoms with E-state index in [1.54, 1.807) is 15.8 Å². The van der Waals surface area contributed by atoms with Crippen LogP contribution in [0.5, 0.6) is 11.5 Å². The van der Waals surface area contributed by atoms with Crippen molar-refractivity contribution in [2.24, 2.45) is 0 Å². The van der Waals surface area contributed by atoms with Crippen LogP contribution in [0.4, 0.5) is 5.82 Å². The van der Waals surface area contributed by atoms with Crippen LogP contribution in [0.1, 0.15) is 19.4 Å². The molecule has 9 nitrogen and oxygen atoms in total. The van der Waals surface area contributed by atoms with Crippen LogP contribution in [0.15, 0.2) is 36.9 Å². The van der Waals surface area contributed by atoms with Crippen molar-refractivity contribution in [1.29, 1.82) is 0 Å². The first-order chi connectivity index (χ1) is 13.1. The second-order valence-electron chi connectivity index (χ2n) is 6.83. The lowest BCUT2D eigenvalue weighted by Crippen LogP contribution is -2.44. The Morgan fingerprint density at radius 3 is 2.70 bits per heavy atom. The molecule has 9 heteroatoms. The zero-order valence-electron chi connectivity index (χ0n) is 14.7. The maximum atomic E-state index is 13.1. The van der Waals surface area contributed by atoms with Gasteiger partial charge >= 0.3 is 0 Å². The average molecular weight is 366 g/mol. The van der Waals surface area contributed by atoms with E-state index < -0.39 is 11.8 Å². The molecule has 2 aliphatic rings. The maximum absolute atomic E-state index is 13.1. The van der Waals surface area contributed by atoms with Gasteiger partial charge in [0.15, 0.2) is 23.0 Å². The third kappa shape index (κ3) is 2.38. The molecular weight excluding hydrogens is 348 g/mol. The smallest absolute Gasteiger partial charge is 0.270 e. The third-order valence-corrected chi connectivity index (χ3v) is 5.11. The number of anilines is 1. The van der Waals surface area contributed by atoms with Crippen LogP contribution >= 0.6 is 0 Å². The standard InChI is InChI=1S/C18H18N6O3/c1-11(24-10-22-14-15(19)20-9-21-16(14)24)17(25)23-7-6-18(8-23)26-12-4-2-3-5-13(12)27-18/h2-5,9-11H,6-8H2,1H3,(H2,19,20,21). The van der Waals surface area contributed by atoms with Crippen LogP contribution in [-0.2, 0) is 4.79 Å². The number of nitrogen functional groups attached to an aromatic ring is 1. The number of carbonyl (C=O) groups excluding carboxylic acids is 1. The molecule has 1 aromatic carbocycles. The predicted octanol–water partition coefficient (Wildman–Crippen LogP) is 1.37. The van der Waals surface area contributed by atoms with Gasteiger partial charge in [-0.05, 0) is 19.1 Å².